The SMILES string of the molecule is Cc1ccc(NC(=S)Sc2ccccc2C)cc1NC(=S)Sc1ccccc1C. The van der Waals surface area contributed by atoms with Crippen LogP contribution in [-0.2, 0) is 0 Å². The third-order valence-corrected chi connectivity index (χ3v) is 6.95. The second-order valence-corrected chi connectivity index (χ2v) is 10.0. The summed E-state index contributed by atoms with van der Waals surface area (Å²) in [6.45, 7) is 6.24. The zero-order valence-electron chi connectivity index (χ0n) is 16.5. The molecule has 2 N–H and O–H groups in total. The first-order valence-electron chi connectivity index (χ1n) is 9.12. The quantitative estimate of drug-likeness (QED) is 0.311. The van der Waals surface area contributed by atoms with Gasteiger partial charge in [-0.1, -0.05) is 90.4 Å². The number of anilines is 2. The molecule has 0 amide bonds. The smallest absolute Gasteiger partial charge is 0.143 e. The van der Waals surface area contributed by atoms with Crippen LogP contribution in [0.2, 0.25) is 0 Å². The van der Waals surface area contributed by atoms with Crippen LogP contribution in [0, 0.1) is 20.8 Å². The van der Waals surface area contributed by atoms with Crippen molar-refractivity contribution in [3.63, 3.8) is 0 Å². The van der Waals surface area contributed by atoms with Gasteiger partial charge in [0.15, 0.2) is 0 Å². The average Bonchev–Trinajstić information content (AvgIpc) is 2.68. The molecule has 0 bridgehead atoms. The van der Waals surface area contributed by atoms with Crippen LogP contribution >= 0.6 is 48.0 Å². The molecule has 0 spiro atoms. The molecular weight excluding hydrogens is 433 g/mol. The molecular formula is C23H22N2S4. The summed E-state index contributed by atoms with van der Waals surface area (Å²) in [5.74, 6) is 0. The Labute approximate surface area is 191 Å². The number of hydrogen-bond donors (Lipinski definition) is 2. The van der Waals surface area contributed by atoms with E-state index in [1.165, 1.54) is 11.1 Å². The maximum atomic E-state index is 5.57. The number of thioether (sulfide) groups is 2. The minimum atomic E-state index is 0.714. The summed E-state index contributed by atoms with van der Waals surface area (Å²) in [4.78, 5) is 2.32. The summed E-state index contributed by atoms with van der Waals surface area (Å²) in [5.41, 5.74) is 5.47. The third kappa shape index (κ3) is 6.31. The Hall–Kier alpha value is -1.86. The summed E-state index contributed by atoms with van der Waals surface area (Å²) in [6.07, 6.45) is 0. The van der Waals surface area contributed by atoms with E-state index in [4.69, 9.17) is 24.4 Å². The monoisotopic (exact) mass is 454 g/mol. The van der Waals surface area contributed by atoms with E-state index < -0.39 is 0 Å². The molecule has 0 heterocycles. The van der Waals surface area contributed by atoms with Crippen LogP contribution < -0.4 is 10.6 Å². The molecule has 0 aliphatic rings. The van der Waals surface area contributed by atoms with Crippen molar-refractivity contribution in [2.75, 3.05) is 10.6 Å². The molecule has 0 atom stereocenters. The molecule has 3 aromatic carbocycles. The number of hydrogen-bond acceptors (Lipinski definition) is 4. The van der Waals surface area contributed by atoms with Gasteiger partial charge >= 0.3 is 0 Å². The molecule has 6 heteroatoms. The molecule has 29 heavy (non-hydrogen) atoms. The highest BCUT2D eigenvalue weighted by Gasteiger charge is 2.08. The van der Waals surface area contributed by atoms with Crippen molar-refractivity contribution in [3.8, 4) is 0 Å². The van der Waals surface area contributed by atoms with Gasteiger partial charge in [0.1, 0.15) is 8.64 Å². The number of aryl methyl sites for hydroxylation is 3. The highest BCUT2D eigenvalue weighted by molar-refractivity contribution is 8.23. The van der Waals surface area contributed by atoms with E-state index in [9.17, 15) is 0 Å². The first-order chi connectivity index (χ1) is 13.9. The lowest BCUT2D eigenvalue weighted by Gasteiger charge is -2.14. The van der Waals surface area contributed by atoms with Gasteiger partial charge in [0.2, 0.25) is 0 Å². The van der Waals surface area contributed by atoms with E-state index in [-0.39, 0.29) is 0 Å². The molecule has 0 aliphatic heterocycles. The van der Waals surface area contributed by atoms with Gasteiger partial charge in [-0.3, -0.25) is 0 Å². The van der Waals surface area contributed by atoms with Crippen molar-refractivity contribution in [3.05, 3.63) is 83.4 Å². The Morgan fingerprint density at radius 3 is 1.72 bits per heavy atom. The van der Waals surface area contributed by atoms with Gasteiger partial charge in [-0.2, -0.15) is 0 Å². The third-order valence-electron chi connectivity index (χ3n) is 4.31. The van der Waals surface area contributed by atoms with Gasteiger partial charge in [-0.05, 0) is 61.7 Å². The van der Waals surface area contributed by atoms with E-state index in [0.717, 1.165) is 31.0 Å². The maximum Gasteiger partial charge on any atom is 0.143 e. The normalized spacial score (nSPS) is 10.4. The van der Waals surface area contributed by atoms with E-state index in [2.05, 4.69) is 61.7 Å². The fourth-order valence-corrected chi connectivity index (χ4v) is 4.90. The van der Waals surface area contributed by atoms with E-state index in [0.29, 0.717) is 4.32 Å². The Kier molecular flexibility index (Phi) is 7.72. The maximum absolute atomic E-state index is 5.57. The van der Waals surface area contributed by atoms with Crippen LogP contribution in [0.4, 0.5) is 11.4 Å². The molecule has 0 unspecified atom stereocenters. The fraction of sp³-hybridized carbons (Fsp3) is 0.130. The summed E-state index contributed by atoms with van der Waals surface area (Å²) in [7, 11) is 0. The number of benzene rings is 3. The van der Waals surface area contributed by atoms with Crippen LogP contribution in [0.5, 0.6) is 0 Å². The van der Waals surface area contributed by atoms with Crippen LogP contribution in [0.25, 0.3) is 0 Å². The predicted molar refractivity (Wildman–Crippen MR) is 138 cm³/mol. The average molecular weight is 455 g/mol. The molecule has 0 saturated heterocycles. The summed E-state index contributed by atoms with van der Waals surface area (Å²) in [5, 5.41) is 6.68. The lowest BCUT2D eigenvalue weighted by Crippen LogP contribution is -2.08. The van der Waals surface area contributed by atoms with Gasteiger partial charge < -0.3 is 10.6 Å². The Morgan fingerprint density at radius 1 is 0.655 bits per heavy atom. The van der Waals surface area contributed by atoms with Crippen molar-refractivity contribution in [2.24, 2.45) is 0 Å². The van der Waals surface area contributed by atoms with E-state index in [1.54, 1.807) is 23.5 Å². The van der Waals surface area contributed by atoms with Crippen molar-refractivity contribution < 1.29 is 0 Å². The number of thiocarbonyl (C=S) groups is 2. The van der Waals surface area contributed by atoms with Gasteiger partial charge in [0, 0.05) is 21.2 Å². The Morgan fingerprint density at radius 2 is 1.17 bits per heavy atom. The zero-order valence-corrected chi connectivity index (χ0v) is 19.7. The van der Waals surface area contributed by atoms with Crippen molar-refractivity contribution in [1.29, 1.82) is 0 Å². The minimum absolute atomic E-state index is 0.714. The van der Waals surface area contributed by atoms with Crippen LogP contribution in [0.15, 0.2) is 76.5 Å². The standard InChI is InChI=1S/C23H22N2S4/c1-15-12-13-18(24-22(26)28-20-10-6-4-8-16(20)2)14-19(15)25-23(27)29-21-11-7-5-9-17(21)3/h4-14H,1-3H3,(H,24,26)(H,25,27). The number of nitrogens with one attached hydrogen (secondary N) is 2. The van der Waals surface area contributed by atoms with Gasteiger partial charge in [0.05, 0.1) is 0 Å². The molecule has 3 rings (SSSR count). The highest BCUT2D eigenvalue weighted by Crippen LogP contribution is 2.28. The van der Waals surface area contributed by atoms with E-state index in [1.807, 2.05) is 36.4 Å². The van der Waals surface area contributed by atoms with Crippen molar-refractivity contribution >= 4 is 68.0 Å². The summed E-state index contributed by atoms with van der Waals surface area (Å²) in [6, 6.07) is 22.6. The lowest BCUT2D eigenvalue weighted by atomic mass is 10.2. The predicted octanol–water partition coefficient (Wildman–Crippen LogP) is 7.59. The fourth-order valence-electron chi connectivity index (χ4n) is 2.65. The molecule has 3 aromatic rings. The molecule has 0 saturated carbocycles. The minimum Gasteiger partial charge on any atom is -0.341 e. The first-order valence-corrected chi connectivity index (χ1v) is 11.6. The largest absolute Gasteiger partial charge is 0.341 e. The molecule has 0 aromatic heterocycles. The Bertz CT molecular complexity index is 1050. The van der Waals surface area contributed by atoms with Gasteiger partial charge in [0.25, 0.3) is 0 Å². The van der Waals surface area contributed by atoms with Gasteiger partial charge in [-0.15, -0.1) is 0 Å². The first kappa shape index (κ1) is 21.8. The van der Waals surface area contributed by atoms with Crippen LogP contribution in [0.3, 0.4) is 0 Å². The van der Waals surface area contributed by atoms with Gasteiger partial charge in [-0.25, -0.2) is 0 Å². The highest BCUT2D eigenvalue weighted by atomic mass is 32.2. The zero-order chi connectivity index (χ0) is 20.8. The molecule has 0 fully saturated rings. The topological polar surface area (TPSA) is 24.1 Å². The summed E-state index contributed by atoms with van der Waals surface area (Å²) < 4.78 is 1.43. The summed E-state index contributed by atoms with van der Waals surface area (Å²) >= 11 is 14.2. The number of rotatable bonds is 4. The second-order valence-electron chi connectivity index (χ2n) is 6.59. The molecule has 0 radical (unpaired) electrons. The van der Waals surface area contributed by atoms with Crippen LogP contribution in [-0.4, -0.2) is 8.64 Å². The van der Waals surface area contributed by atoms with Crippen LogP contribution in [0.1, 0.15) is 16.7 Å². The second kappa shape index (κ2) is 10.3. The molecule has 2 nitrogen and oxygen atoms in total. The van der Waals surface area contributed by atoms with Crippen molar-refractivity contribution in [1.82, 2.24) is 0 Å². The molecule has 148 valence electrons. The lowest BCUT2D eigenvalue weighted by molar-refractivity contribution is 1.31. The van der Waals surface area contributed by atoms with E-state index >= 15 is 0 Å². The van der Waals surface area contributed by atoms with Crippen molar-refractivity contribution in [2.45, 2.75) is 30.6 Å². The molecule has 0 aliphatic carbocycles. The Balaban J connectivity index is 1.66.